The van der Waals surface area contributed by atoms with Gasteiger partial charge in [0.1, 0.15) is 0 Å². The molecule has 1 aliphatic carbocycles. The summed E-state index contributed by atoms with van der Waals surface area (Å²) in [5, 5.41) is 5.24. The van der Waals surface area contributed by atoms with E-state index in [1.165, 1.54) is 6.92 Å². The molecule has 2 aliphatic rings. The molecule has 0 aromatic rings. The molecule has 0 aromatic carbocycles. The summed E-state index contributed by atoms with van der Waals surface area (Å²) in [6, 6.07) is -0.346. The van der Waals surface area contributed by atoms with Gasteiger partial charge in [0.2, 0.25) is 17.7 Å². The van der Waals surface area contributed by atoms with Gasteiger partial charge in [-0.15, -0.1) is 0 Å². The molecular weight excluding hydrogens is 244 g/mol. The predicted octanol–water partition coefficient (Wildman–Crippen LogP) is 0.756. The zero-order chi connectivity index (χ0) is 14.2. The number of fused-ring (bicyclic) bond motifs is 1. The molecule has 1 aliphatic heterocycles. The zero-order valence-corrected chi connectivity index (χ0v) is 11.5. The number of hydrogen-bond donors (Lipinski definition) is 2. The molecule has 4 atom stereocenters. The normalized spacial score (nSPS) is 33.5. The van der Waals surface area contributed by atoms with E-state index in [-0.39, 0.29) is 35.6 Å². The van der Waals surface area contributed by atoms with Crippen LogP contribution in [0.25, 0.3) is 0 Å². The smallest absolute Gasteiger partial charge is 0.232 e. The van der Waals surface area contributed by atoms with Crippen molar-refractivity contribution < 1.29 is 14.4 Å². The number of carbonyl (C=O) groups is 3. The lowest BCUT2D eigenvalue weighted by atomic mass is 9.70. The molecule has 1 fully saturated rings. The Bertz CT molecular complexity index is 456. The third-order valence-electron chi connectivity index (χ3n) is 4.13. The van der Waals surface area contributed by atoms with Crippen molar-refractivity contribution in [2.45, 2.75) is 39.7 Å². The molecule has 5 nitrogen and oxygen atoms in total. The summed E-state index contributed by atoms with van der Waals surface area (Å²) < 4.78 is 0. The van der Waals surface area contributed by atoms with Crippen molar-refractivity contribution in [2.75, 3.05) is 0 Å². The van der Waals surface area contributed by atoms with E-state index in [1.807, 2.05) is 13.8 Å². The summed E-state index contributed by atoms with van der Waals surface area (Å²) in [5.41, 5.74) is 1.05. The molecule has 4 unspecified atom stereocenters. The Labute approximate surface area is 112 Å². The van der Waals surface area contributed by atoms with Crippen LogP contribution in [0.5, 0.6) is 0 Å². The number of rotatable bonds is 3. The van der Waals surface area contributed by atoms with Crippen molar-refractivity contribution in [1.29, 1.82) is 0 Å². The largest absolute Gasteiger partial charge is 0.349 e. The van der Waals surface area contributed by atoms with Crippen molar-refractivity contribution in [3.05, 3.63) is 11.6 Å². The summed E-state index contributed by atoms with van der Waals surface area (Å²) in [5.74, 6) is -1.36. The maximum absolute atomic E-state index is 12.0. The van der Waals surface area contributed by atoms with Crippen LogP contribution in [0.4, 0.5) is 0 Å². The third kappa shape index (κ3) is 2.29. The maximum atomic E-state index is 12.0. The number of nitrogens with one attached hydrogen (secondary N) is 2. The number of hydrogen-bond acceptors (Lipinski definition) is 3. The third-order valence-corrected chi connectivity index (χ3v) is 4.13. The van der Waals surface area contributed by atoms with Gasteiger partial charge in [0.05, 0.1) is 17.9 Å². The predicted molar refractivity (Wildman–Crippen MR) is 69.9 cm³/mol. The highest BCUT2D eigenvalue weighted by Gasteiger charge is 2.51. The lowest BCUT2D eigenvalue weighted by Gasteiger charge is -2.36. The van der Waals surface area contributed by atoms with Crippen LogP contribution in [0.2, 0.25) is 0 Å². The molecule has 5 heteroatoms. The summed E-state index contributed by atoms with van der Waals surface area (Å²) in [7, 11) is 0. The number of imide groups is 1. The molecule has 2 rings (SSSR count). The highest BCUT2D eigenvalue weighted by Crippen LogP contribution is 2.40. The molecule has 104 valence electrons. The molecule has 2 N–H and O–H groups in total. The SMILES string of the molecule is CCC1=CC(CC)C2C(=O)NC(=O)C2C1NC(C)=O. The first kappa shape index (κ1) is 13.8. The van der Waals surface area contributed by atoms with E-state index in [0.717, 1.165) is 18.4 Å². The topological polar surface area (TPSA) is 75.3 Å². The van der Waals surface area contributed by atoms with E-state index in [1.54, 1.807) is 0 Å². The Kier molecular flexibility index (Phi) is 3.73. The molecular formula is C14H20N2O3. The first-order valence-corrected chi connectivity index (χ1v) is 6.82. The molecule has 0 bridgehead atoms. The van der Waals surface area contributed by atoms with Gasteiger partial charge in [-0.05, 0) is 18.8 Å². The van der Waals surface area contributed by atoms with Crippen LogP contribution in [0, 0.1) is 17.8 Å². The van der Waals surface area contributed by atoms with Crippen molar-refractivity contribution in [3.8, 4) is 0 Å². The number of allylic oxidation sites excluding steroid dienone is 1. The van der Waals surface area contributed by atoms with Gasteiger partial charge in [0, 0.05) is 6.92 Å². The van der Waals surface area contributed by atoms with Crippen LogP contribution in [0.15, 0.2) is 11.6 Å². The average Bonchev–Trinajstić information content (AvgIpc) is 2.65. The lowest BCUT2D eigenvalue weighted by Crippen LogP contribution is -2.49. The highest BCUT2D eigenvalue weighted by atomic mass is 16.2. The molecule has 0 aromatic heterocycles. The minimum Gasteiger partial charge on any atom is -0.349 e. The minimum absolute atomic E-state index is 0.0800. The van der Waals surface area contributed by atoms with Gasteiger partial charge in [0.15, 0.2) is 0 Å². The molecule has 0 radical (unpaired) electrons. The van der Waals surface area contributed by atoms with Crippen LogP contribution >= 0.6 is 0 Å². The van der Waals surface area contributed by atoms with Crippen molar-refractivity contribution in [2.24, 2.45) is 17.8 Å². The summed E-state index contributed by atoms with van der Waals surface area (Å²) in [6.07, 6.45) is 3.66. The van der Waals surface area contributed by atoms with Crippen LogP contribution in [0.1, 0.15) is 33.6 Å². The first-order valence-electron chi connectivity index (χ1n) is 6.82. The quantitative estimate of drug-likeness (QED) is 0.583. The van der Waals surface area contributed by atoms with Gasteiger partial charge in [-0.25, -0.2) is 0 Å². The minimum atomic E-state index is -0.457. The van der Waals surface area contributed by atoms with Crippen molar-refractivity contribution in [1.82, 2.24) is 10.6 Å². The van der Waals surface area contributed by atoms with Crippen molar-refractivity contribution in [3.63, 3.8) is 0 Å². The summed E-state index contributed by atoms with van der Waals surface area (Å²) in [4.78, 5) is 35.3. The van der Waals surface area contributed by atoms with Gasteiger partial charge >= 0.3 is 0 Å². The van der Waals surface area contributed by atoms with E-state index >= 15 is 0 Å². The molecule has 0 spiro atoms. The fourth-order valence-electron chi connectivity index (χ4n) is 3.26. The Morgan fingerprint density at radius 2 is 1.89 bits per heavy atom. The second kappa shape index (κ2) is 5.15. The van der Waals surface area contributed by atoms with Crippen LogP contribution < -0.4 is 10.6 Å². The van der Waals surface area contributed by atoms with E-state index in [4.69, 9.17) is 0 Å². The fourth-order valence-corrected chi connectivity index (χ4v) is 3.26. The van der Waals surface area contributed by atoms with Crippen LogP contribution in [-0.2, 0) is 14.4 Å². The second-order valence-corrected chi connectivity index (χ2v) is 5.25. The number of amides is 3. The van der Waals surface area contributed by atoms with E-state index in [9.17, 15) is 14.4 Å². The zero-order valence-electron chi connectivity index (χ0n) is 11.5. The molecule has 1 heterocycles. The molecule has 3 amide bonds. The van der Waals surface area contributed by atoms with Gasteiger partial charge in [-0.2, -0.15) is 0 Å². The van der Waals surface area contributed by atoms with Gasteiger partial charge in [-0.1, -0.05) is 25.5 Å². The standard InChI is InChI=1S/C14H20N2O3/c1-4-8-6-9(5-2)12(15-7(3)17)11-10(8)13(18)16-14(11)19/h6,8,10-12H,4-5H2,1-3H3,(H,15,17)(H,16,18,19). The summed E-state index contributed by atoms with van der Waals surface area (Å²) >= 11 is 0. The Morgan fingerprint density at radius 1 is 1.26 bits per heavy atom. The average molecular weight is 264 g/mol. The Morgan fingerprint density at radius 3 is 2.42 bits per heavy atom. The lowest BCUT2D eigenvalue weighted by molar-refractivity contribution is -0.126. The number of carbonyl (C=O) groups excluding carboxylic acids is 3. The van der Waals surface area contributed by atoms with Gasteiger partial charge in [0.25, 0.3) is 0 Å². The monoisotopic (exact) mass is 264 g/mol. The second-order valence-electron chi connectivity index (χ2n) is 5.25. The van der Waals surface area contributed by atoms with Gasteiger partial charge < -0.3 is 5.32 Å². The van der Waals surface area contributed by atoms with Crippen molar-refractivity contribution >= 4 is 17.7 Å². The molecule has 0 saturated carbocycles. The van der Waals surface area contributed by atoms with Crippen LogP contribution in [-0.4, -0.2) is 23.8 Å². The fraction of sp³-hybridized carbons (Fsp3) is 0.643. The van der Waals surface area contributed by atoms with Crippen LogP contribution in [0.3, 0.4) is 0 Å². The maximum Gasteiger partial charge on any atom is 0.232 e. The van der Waals surface area contributed by atoms with Gasteiger partial charge in [-0.3, -0.25) is 19.7 Å². The summed E-state index contributed by atoms with van der Waals surface area (Å²) in [6.45, 7) is 5.45. The molecule has 1 saturated heterocycles. The van der Waals surface area contributed by atoms with E-state index in [2.05, 4.69) is 16.7 Å². The van der Waals surface area contributed by atoms with E-state index < -0.39 is 5.92 Å². The van der Waals surface area contributed by atoms with E-state index in [0.29, 0.717) is 0 Å². The highest BCUT2D eigenvalue weighted by molar-refractivity contribution is 6.06. The molecule has 19 heavy (non-hydrogen) atoms. The Hall–Kier alpha value is -1.65. The Balaban J connectivity index is 2.42. The first-order chi connectivity index (χ1) is 8.99.